The molecule has 1 amide bonds. The van der Waals surface area contributed by atoms with Crippen LogP contribution in [-0.4, -0.2) is 42.8 Å². The van der Waals surface area contributed by atoms with E-state index in [1.165, 1.54) is 14.0 Å². The van der Waals surface area contributed by atoms with E-state index in [1.54, 1.807) is 6.08 Å². The summed E-state index contributed by atoms with van der Waals surface area (Å²) in [6.45, 7) is 7.20. The maximum atomic E-state index is 11.9. The van der Waals surface area contributed by atoms with Gasteiger partial charge in [0.15, 0.2) is 0 Å². The molecule has 0 radical (unpaired) electrons. The minimum Gasteiger partial charge on any atom is -0.466 e. The maximum Gasteiger partial charge on any atom is 0.333 e. The Morgan fingerprint density at radius 2 is 2.17 bits per heavy atom. The van der Waals surface area contributed by atoms with Crippen LogP contribution in [0.5, 0.6) is 0 Å². The molecule has 3 atom stereocenters. The van der Waals surface area contributed by atoms with Crippen LogP contribution in [0.3, 0.4) is 0 Å². The van der Waals surface area contributed by atoms with E-state index in [2.05, 4.69) is 15.3 Å². The summed E-state index contributed by atoms with van der Waals surface area (Å²) in [5.41, 5.74) is 8.70. The van der Waals surface area contributed by atoms with E-state index in [0.717, 1.165) is 6.42 Å². The highest BCUT2D eigenvalue weighted by atomic mass is 16.5. The fourth-order valence-electron chi connectivity index (χ4n) is 2.37. The first-order chi connectivity index (χ1) is 10.7. The van der Waals surface area contributed by atoms with Gasteiger partial charge in [0.1, 0.15) is 0 Å². The summed E-state index contributed by atoms with van der Waals surface area (Å²) in [6, 6.07) is -1.16. The minimum atomic E-state index is -0.624. The summed E-state index contributed by atoms with van der Waals surface area (Å²) >= 11 is 0. The summed E-state index contributed by atoms with van der Waals surface area (Å²) in [4.78, 5) is 26.2. The molecule has 0 aromatic carbocycles. The molecule has 8 nitrogen and oxygen atoms in total. The van der Waals surface area contributed by atoms with Crippen molar-refractivity contribution < 1.29 is 19.1 Å². The smallest absolute Gasteiger partial charge is 0.333 e. The number of hydrogen-bond acceptors (Lipinski definition) is 5. The second kappa shape index (κ2) is 7.99. The third-order valence-electron chi connectivity index (χ3n) is 3.89. The van der Waals surface area contributed by atoms with Crippen LogP contribution in [0, 0.1) is 0 Å². The zero-order valence-electron chi connectivity index (χ0n) is 14.2. The number of nitrogens with zero attached hydrogens (tertiary/aromatic N) is 3. The lowest BCUT2D eigenvalue weighted by atomic mass is 9.87. The first-order valence-electron chi connectivity index (χ1n) is 7.52. The van der Waals surface area contributed by atoms with Gasteiger partial charge in [0.2, 0.25) is 5.91 Å². The molecule has 1 aliphatic rings. The third-order valence-corrected chi connectivity index (χ3v) is 3.89. The zero-order valence-corrected chi connectivity index (χ0v) is 14.2. The number of carbonyl (C=O) groups is 2. The lowest BCUT2D eigenvalue weighted by molar-refractivity contribution is -0.137. The molecule has 0 unspecified atom stereocenters. The van der Waals surface area contributed by atoms with Crippen LogP contribution >= 0.6 is 0 Å². The summed E-state index contributed by atoms with van der Waals surface area (Å²) in [5.74, 6) is -0.752. The van der Waals surface area contributed by atoms with Crippen LogP contribution in [-0.2, 0) is 19.1 Å². The standard InChI is InChI=1S/C15H24N4O4/c1-6-15(3,4)23-12-8-10(14(21)22-5)7-11(18-19-16)13(12)17-9(2)20/h8,11-13H,6-7H2,1-5H3,(H,17,20)/t11-,12+,13+/m0/s1. The van der Waals surface area contributed by atoms with E-state index < -0.39 is 29.8 Å². The first kappa shape index (κ1) is 19.0. The van der Waals surface area contributed by atoms with Gasteiger partial charge in [0.05, 0.1) is 30.9 Å². The average Bonchev–Trinajstić information content (AvgIpc) is 2.48. The highest BCUT2D eigenvalue weighted by Gasteiger charge is 2.38. The number of carbonyl (C=O) groups excluding carboxylic acids is 2. The molecular formula is C15H24N4O4. The van der Waals surface area contributed by atoms with Crippen molar-refractivity contribution in [1.82, 2.24) is 5.32 Å². The van der Waals surface area contributed by atoms with E-state index in [4.69, 9.17) is 15.0 Å². The molecule has 1 rings (SSSR count). The molecule has 1 N–H and O–H groups in total. The van der Waals surface area contributed by atoms with Crippen LogP contribution in [0.25, 0.3) is 10.4 Å². The molecule has 128 valence electrons. The normalized spacial score (nSPS) is 24.2. The lowest BCUT2D eigenvalue weighted by Crippen LogP contribution is -2.54. The molecule has 0 fully saturated rings. The number of hydrogen-bond donors (Lipinski definition) is 1. The maximum absolute atomic E-state index is 11.9. The second-order valence-corrected chi connectivity index (χ2v) is 6.08. The van der Waals surface area contributed by atoms with Crippen molar-refractivity contribution in [2.45, 2.75) is 64.3 Å². The summed E-state index contributed by atoms with van der Waals surface area (Å²) in [5, 5.41) is 6.49. The molecule has 1 aliphatic carbocycles. The van der Waals surface area contributed by atoms with Crippen LogP contribution in [0.2, 0.25) is 0 Å². The Bertz CT molecular complexity index is 538. The van der Waals surface area contributed by atoms with Crippen molar-refractivity contribution in [1.29, 1.82) is 0 Å². The molecule has 0 aliphatic heterocycles. The molecule has 0 saturated carbocycles. The van der Waals surface area contributed by atoms with Crippen molar-refractivity contribution in [3.63, 3.8) is 0 Å². The Hall–Kier alpha value is -2.05. The van der Waals surface area contributed by atoms with Gasteiger partial charge in [-0.15, -0.1) is 0 Å². The van der Waals surface area contributed by atoms with Gasteiger partial charge in [-0.3, -0.25) is 4.79 Å². The topological polar surface area (TPSA) is 113 Å². The van der Waals surface area contributed by atoms with Crippen LogP contribution in [0.1, 0.15) is 40.5 Å². The Kier molecular flexibility index (Phi) is 6.60. The SMILES string of the molecule is CCC(C)(C)O[C@@H]1C=C(C(=O)OC)C[C@H](N=[N+]=[N-])[C@H]1NC(C)=O. The molecular weight excluding hydrogens is 300 g/mol. The molecule has 0 saturated heterocycles. The molecule has 0 bridgehead atoms. The fourth-order valence-corrected chi connectivity index (χ4v) is 2.37. The average molecular weight is 324 g/mol. The molecule has 8 heteroatoms. The Labute approximate surface area is 135 Å². The van der Waals surface area contributed by atoms with Gasteiger partial charge in [-0.25, -0.2) is 4.79 Å². The summed E-state index contributed by atoms with van der Waals surface area (Å²) in [6.07, 6.45) is 1.98. The zero-order chi connectivity index (χ0) is 17.6. The second-order valence-electron chi connectivity index (χ2n) is 6.08. The molecule has 0 heterocycles. The predicted octanol–water partition coefficient (Wildman–Crippen LogP) is 2.25. The number of amides is 1. The van der Waals surface area contributed by atoms with Crippen molar-refractivity contribution in [2.24, 2.45) is 5.11 Å². The molecule has 23 heavy (non-hydrogen) atoms. The largest absolute Gasteiger partial charge is 0.466 e. The number of nitrogens with one attached hydrogen (secondary N) is 1. The van der Waals surface area contributed by atoms with Gasteiger partial charge in [-0.1, -0.05) is 12.0 Å². The van der Waals surface area contributed by atoms with Gasteiger partial charge in [-0.05, 0) is 38.3 Å². The molecule has 0 aromatic heterocycles. The number of rotatable bonds is 6. The third kappa shape index (κ3) is 5.26. The number of methoxy groups -OCH3 is 1. The Morgan fingerprint density at radius 1 is 1.52 bits per heavy atom. The van der Waals surface area contributed by atoms with Gasteiger partial charge in [0.25, 0.3) is 0 Å². The number of esters is 1. The van der Waals surface area contributed by atoms with Crippen molar-refractivity contribution >= 4 is 11.9 Å². The van der Waals surface area contributed by atoms with E-state index in [9.17, 15) is 9.59 Å². The van der Waals surface area contributed by atoms with Gasteiger partial charge >= 0.3 is 5.97 Å². The van der Waals surface area contributed by atoms with Gasteiger partial charge < -0.3 is 14.8 Å². The first-order valence-corrected chi connectivity index (χ1v) is 7.52. The molecule has 0 spiro atoms. The fraction of sp³-hybridized carbons (Fsp3) is 0.733. The van der Waals surface area contributed by atoms with E-state index in [-0.39, 0.29) is 12.3 Å². The van der Waals surface area contributed by atoms with Crippen molar-refractivity contribution in [3.8, 4) is 0 Å². The Morgan fingerprint density at radius 3 is 2.65 bits per heavy atom. The monoisotopic (exact) mass is 324 g/mol. The lowest BCUT2D eigenvalue weighted by Gasteiger charge is -2.38. The van der Waals surface area contributed by atoms with E-state index in [0.29, 0.717) is 5.57 Å². The van der Waals surface area contributed by atoms with E-state index >= 15 is 0 Å². The number of ether oxygens (including phenoxy) is 2. The van der Waals surface area contributed by atoms with Crippen molar-refractivity contribution in [2.75, 3.05) is 7.11 Å². The predicted molar refractivity (Wildman–Crippen MR) is 84.5 cm³/mol. The highest BCUT2D eigenvalue weighted by Crippen LogP contribution is 2.29. The summed E-state index contributed by atoms with van der Waals surface area (Å²) in [7, 11) is 1.29. The van der Waals surface area contributed by atoms with Gasteiger partial charge in [0, 0.05) is 17.4 Å². The molecule has 0 aromatic rings. The van der Waals surface area contributed by atoms with Crippen molar-refractivity contribution in [3.05, 3.63) is 22.1 Å². The number of azide groups is 1. The quantitative estimate of drug-likeness (QED) is 0.349. The van der Waals surface area contributed by atoms with E-state index in [1.807, 2.05) is 20.8 Å². The van der Waals surface area contributed by atoms with Crippen LogP contribution < -0.4 is 5.32 Å². The summed E-state index contributed by atoms with van der Waals surface area (Å²) < 4.78 is 10.8. The highest BCUT2D eigenvalue weighted by molar-refractivity contribution is 5.89. The van der Waals surface area contributed by atoms with Gasteiger partial charge in [-0.2, -0.15) is 0 Å². The Balaban J connectivity index is 3.23. The van der Waals surface area contributed by atoms with Crippen LogP contribution in [0.4, 0.5) is 0 Å². The minimum absolute atomic E-state index is 0.189. The van der Waals surface area contributed by atoms with Crippen LogP contribution in [0.15, 0.2) is 16.8 Å².